The van der Waals surface area contributed by atoms with Gasteiger partial charge < -0.3 is 9.88 Å². The fourth-order valence-corrected chi connectivity index (χ4v) is 3.30. The lowest BCUT2D eigenvalue weighted by Gasteiger charge is -2.26. The monoisotopic (exact) mass is 356 g/mol. The number of para-hydroxylation sites is 1. The Hall–Kier alpha value is -3.02. The van der Waals surface area contributed by atoms with Gasteiger partial charge in [-0.1, -0.05) is 24.3 Å². The van der Waals surface area contributed by atoms with Gasteiger partial charge in [-0.2, -0.15) is 0 Å². The number of aromatic amines is 1. The van der Waals surface area contributed by atoms with Gasteiger partial charge in [0.15, 0.2) is 17.5 Å². The minimum Gasteiger partial charge on any atom is -0.361 e. The molecule has 0 spiro atoms. The van der Waals surface area contributed by atoms with Gasteiger partial charge in [0.25, 0.3) is 5.91 Å². The van der Waals surface area contributed by atoms with Crippen LogP contribution in [0.2, 0.25) is 0 Å². The molecule has 26 heavy (non-hydrogen) atoms. The van der Waals surface area contributed by atoms with Crippen LogP contribution in [0.4, 0.5) is 13.2 Å². The summed E-state index contributed by atoms with van der Waals surface area (Å²) < 4.78 is 40.3. The first kappa shape index (κ1) is 16.4. The summed E-state index contributed by atoms with van der Waals surface area (Å²) in [4.78, 5) is 17.1. The predicted molar refractivity (Wildman–Crippen MR) is 93.1 cm³/mol. The zero-order chi connectivity index (χ0) is 18.3. The molecule has 4 rings (SSSR count). The highest BCUT2D eigenvalue weighted by Gasteiger charge is 2.25. The van der Waals surface area contributed by atoms with E-state index in [9.17, 15) is 18.0 Å². The maximum atomic E-state index is 13.9. The highest BCUT2D eigenvalue weighted by molar-refractivity contribution is 5.96. The average molecular weight is 356 g/mol. The van der Waals surface area contributed by atoms with Gasteiger partial charge in [-0.15, -0.1) is 0 Å². The van der Waals surface area contributed by atoms with Gasteiger partial charge in [0, 0.05) is 35.8 Å². The molecule has 2 heterocycles. The second-order valence-corrected chi connectivity index (χ2v) is 6.20. The number of nitrogens with zero attached hydrogens (tertiary/aromatic N) is 1. The summed E-state index contributed by atoms with van der Waals surface area (Å²) in [7, 11) is 0. The molecule has 3 nitrogen and oxygen atoms in total. The first-order chi connectivity index (χ1) is 12.6. The van der Waals surface area contributed by atoms with E-state index in [1.807, 2.05) is 36.5 Å². The fourth-order valence-electron chi connectivity index (χ4n) is 3.30. The minimum atomic E-state index is -1.62. The third-order valence-corrected chi connectivity index (χ3v) is 4.70. The van der Waals surface area contributed by atoms with Crippen molar-refractivity contribution in [2.24, 2.45) is 0 Å². The fraction of sp³-hybridized carbons (Fsp3) is 0.150. The number of halogens is 3. The highest BCUT2D eigenvalue weighted by atomic mass is 19.2. The molecule has 0 aliphatic carbocycles. The smallest absolute Gasteiger partial charge is 0.257 e. The number of aromatic nitrogens is 1. The molecule has 1 amide bonds. The van der Waals surface area contributed by atoms with Gasteiger partial charge in [0.2, 0.25) is 0 Å². The van der Waals surface area contributed by atoms with Crippen LogP contribution in [0.25, 0.3) is 16.5 Å². The number of carbonyl (C=O) groups excluding carboxylic acids is 1. The third kappa shape index (κ3) is 2.67. The van der Waals surface area contributed by atoms with Crippen molar-refractivity contribution >= 4 is 22.4 Å². The van der Waals surface area contributed by atoms with Crippen molar-refractivity contribution in [3.8, 4) is 0 Å². The second-order valence-electron chi connectivity index (χ2n) is 6.20. The molecule has 132 valence electrons. The van der Waals surface area contributed by atoms with Crippen LogP contribution in [0.3, 0.4) is 0 Å². The van der Waals surface area contributed by atoms with Crippen LogP contribution in [-0.4, -0.2) is 28.9 Å². The van der Waals surface area contributed by atoms with E-state index in [-0.39, 0.29) is 6.54 Å². The van der Waals surface area contributed by atoms with E-state index in [0.29, 0.717) is 13.0 Å². The molecule has 1 aliphatic heterocycles. The van der Waals surface area contributed by atoms with Crippen molar-refractivity contribution in [1.29, 1.82) is 0 Å². The van der Waals surface area contributed by atoms with Gasteiger partial charge in [0.05, 0.1) is 5.56 Å². The molecule has 1 N–H and O–H groups in total. The lowest BCUT2D eigenvalue weighted by atomic mass is 9.98. The summed E-state index contributed by atoms with van der Waals surface area (Å²) in [5.41, 5.74) is 2.75. The highest BCUT2D eigenvalue weighted by Crippen LogP contribution is 2.29. The van der Waals surface area contributed by atoms with E-state index in [0.717, 1.165) is 34.2 Å². The van der Waals surface area contributed by atoms with Gasteiger partial charge >= 0.3 is 0 Å². The molecule has 3 aromatic rings. The van der Waals surface area contributed by atoms with Gasteiger partial charge in [-0.05, 0) is 30.2 Å². The van der Waals surface area contributed by atoms with Crippen LogP contribution in [0.15, 0.2) is 48.7 Å². The summed E-state index contributed by atoms with van der Waals surface area (Å²) in [5.74, 6) is -5.01. The average Bonchev–Trinajstić information content (AvgIpc) is 3.10. The number of hydrogen-bond donors (Lipinski definition) is 1. The Morgan fingerprint density at radius 2 is 1.85 bits per heavy atom. The Labute approximate surface area is 147 Å². The van der Waals surface area contributed by atoms with Crippen molar-refractivity contribution in [3.05, 3.63) is 77.2 Å². The van der Waals surface area contributed by atoms with Crippen molar-refractivity contribution in [2.45, 2.75) is 6.42 Å². The summed E-state index contributed by atoms with van der Waals surface area (Å²) in [6, 6.07) is 9.68. The van der Waals surface area contributed by atoms with Crippen LogP contribution < -0.4 is 0 Å². The molecule has 2 aromatic carbocycles. The van der Waals surface area contributed by atoms with E-state index in [2.05, 4.69) is 4.98 Å². The predicted octanol–water partition coefficient (Wildman–Crippen LogP) is 4.51. The molecule has 0 unspecified atom stereocenters. The van der Waals surface area contributed by atoms with Crippen molar-refractivity contribution in [2.75, 3.05) is 13.1 Å². The Morgan fingerprint density at radius 3 is 2.62 bits per heavy atom. The molecule has 6 heteroatoms. The van der Waals surface area contributed by atoms with Crippen LogP contribution in [0, 0.1) is 17.5 Å². The van der Waals surface area contributed by atoms with E-state index in [4.69, 9.17) is 0 Å². The molecular formula is C20H15F3N2O. The van der Waals surface area contributed by atoms with E-state index < -0.39 is 28.9 Å². The van der Waals surface area contributed by atoms with Gasteiger partial charge in [-0.3, -0.25) is 4.79 Å². The lowest BCUT2D eigenvalue weighted by molar-refractivity contribution is 0.0767. The number of H-pyrrole nitrogens is 1. The minimum absolute atomic E-state index is 0.284. The van der Waals surface area contributed by atoms with Crippen molar-refractivity contribution in [1.82, 2.24) is 9.88 Å². The molecule has 0 bridgehead atoms. The van der Waals surface area contributed by atoms with E-state index in [1.54, 1.807) is 0 Å². The first-order valence-corrected chi connectivity index (χ1v) is 8.24. The number of carbonyl (C=O) groups is 1. The zero-order valence-corrected chi connectivity index (χ0v) is 13.7. The number of nitrogens with one attached hydrogen (secondary N) is 1. The number of fused-ring (bicyclic) bond motifs is 1. The maximum Gasteiger partial charge on any atom is 0.257 e. The molecule has 0 fully saturated rings. The third-order valence-electron chi connectivity index (χ3n) is 4.70. The normalized spacial score (nSPS) is 14.6. The van der Waals surface area contributed by atoms with E-state index in [1.165, 1.54) is 4.90 Å². The Kier molecular flexibility index (Phi) is 4.03. The quantitative estimate of drug-likeness (QED) is 0.674. The van der Waals surface area contributed by atoms with Crippen LogP contribution >= 0.6 is 0 Å². The van der Waals surface area contributed by atoms with Crippen LogP contribution in [-0.2, 0) is 0 Å². The molecular weight excluding hydrogens is 341 g/mol. The maximum absolute atomic E-state index is 13.9. The standard InChI is InChI=1S/C20H15F3N2O/c21-16-6-5-14(18(22)19(16)23)20(26)25-9-7-12(8-10-25)15-11-24-17-4-2-1-3-13(15)17/h1-7,11,24H,8-10H2. The largest absolute Gasteiger partial charge is 0.361 e. The number of benzene rings is 2. The van der Waals surface area contributed by atoms with E-state index >= 15 is 0 Å². The number of rotatable bonds is 2. The molecule has 0 radical (unpaired) electrons. The second kappa shape index (κ2) is 6.37. The lowest BCUT2D eigenvalue weighted by Crippen LogP contribution is -2.35. The topological polar surface area (TPSA) is 36.1 Å². The SMILES string of the molecule is O=C(c1ccc(F)c(F)c1F)N1CC=C(c2c[nH]c3ccccc23)CC1. The summed E-state index contributed by atoms with van der Waals surface area (Å²) in [6.07, 6.45) is 4.44. The summed E-state index contributed by atoms with van der Waals surface area (Å²) >= 11 is 0. The van der Waals surface area contributed by atoms with Crippen molar-refractivity contribution in [3.63, 3.8) is 0 Å². The number of hydrogen-bond acceptors (Lipinski definition) is 1. The Balaban J connectivity index is 1.58. The summed E-state index contributed by atoms with van der Waals surface area (Å²) in [6.45, 7) is 0.661. The van der Waals surface area contributed by atoms with Crippen molar-refractivity contribution < 1.29 is 18.0 Å². The first-order valence-electron chi connectivity index (χ1n) is 8.24. The van der Waals surface area contributed by atoms with Crippen LogP contribution in [0.1, 0.15) is 22.3 Å². The zero-order valence-electron chi connectivity index (χ0n) is 13.7. The van der Waals surface area contributed by atoms with Gasteiger partial charge in [0.1, 0.15) is 0 Å². The Morgan fingerprint density at radius 1 is 1.04 bits per heavy atom. The van der Waals surface area contributed by atoms with Gasteiger partial charge in [-0.25, -0.2) is 13.2 Å². The number of amides is 1. The molecule has 0 saturated carbocycles. The summed E-state index contributed by atoms with van der Waals surface area (Å²) in [5, 5.41) is 1.10. The molecule has 0 saturated heterocycles. The molecule has 0 atom stereocenters. The van der Waals surface area contributed by atoms with Crippen LogP contribution in [0.5, 0.6) is 0 Å². The molecule has 1 aromatic heterocycles. The Bertz CT molecular complexity index is 1040. The molecule has 1 aliphatic rings.